The molecule has 1 aromatic carbocycles. The third-order valence-corrected chi connectivity index (χ3v) is 2.16. The molecule has 1 aliphatic rings. The maximum atomic E-state index is 10.9. The van der Waals surface area contributed by atoms with E-state index < -0.39 is 0 Å². The second-order valence-corrected chi connectivity index (χ2v) is 3.15. The maximum absolute atomic E-state index is 10.9. The van der Waals surface area contributed by atoms with E-state index in [9.17, 15) is 9.90 Å². The monoisotopic (exact) mass is 194 g/mol. The number of phenols is 2. The second kappa shape index (κ2) is 3.10. The lowest BCUT2D eigenvalue weighted by molar-refractivity contribution is 0.247. The van der Waals surface area contributed by atoms with Gasteiger partial charge in [0.25, 0.3) is 0 Å². The summed E-state index contributed by atoms with van der Waals surface area (Å²) in [6.45, 7) is 0.442. The van der Waals surface area contributed by atoms with Gasteiger partial charge in [-0.3, -0.25) is 0 Å². The van der Waals surface area contributed by atoms with Gasteiger partial charge in [-0.15, -0.1) is 0 Å². The molecule has 1 fully saturated rings. The molecule has 5 nitrogen and oxygen atoms in total. The van der Waals surface area contributed by atoms with Gasteiger partial charge in [-0.05, 0) is 12.1 Å². The lowest BCUT2D eigenvalue weighted by Gasteiger charge is -2.10. The molecule has 1 aromatic rings. The summed E-state index contributed by atoms with van der Waals surface area (Å²) in [5.41, 5.74) is 0.598. The highest BCUT2D eigenvalue weighted by atomic mass is 16.3. The van der Waals surface area contributed by atoms with Crippen LogP contribution in [-0.4, -0.2) is 22.8 Å². The van der Waals surface area contributed by atoms with Crippen LogP contribution in [-0.2, 0) is 0 Å². The first-order valence-electron chi connectivity index (χ1n) is 4.23. The van der Waals surface area contributed by atoms with Crippen molar-refractivity contribution in [2.45, 2.75) is 6.04 Å². The number of urea groups is 1. The van der Waals surface area contributed by atoms with Crippen LogP contribution in [0.15, 0.2) is 18.2 Å². The fraction of sp³-hybridized carbons (Fsp3) is 0.222. The zero-order chi connectivity index (χ0) is 10.1. The standard InChI is InChI=1S/C9H10N2O3/c12-5-1-2-6(8(13)3-5)7-4-10-9(14)11-7/h1-3,7,12-13H,4H2,(H2,10,11,14)/t7-/m0/s1. The Morgan fingerprint density at radius 3 is 2.71 bits per heavy atom. The SMILES string of the molecule is O=C1NC[C@@H](c2ccc(O)cc2O)N1. The van der Waals surface area contributed by atoms with Gasteiger partial charge >= 0.3 is 6.03 Å². The van der Waals surface area contributed by atoms with Crippen LogP contribution in [0.1, 0.15) is 11.6 Å². The Morgan fingerprint density at radius 2 is 2.14 bits per heavy atom. The summed E-state index contributed by atoms with van der Waals surface area (Å²) in [6, 6.07) is 3.83. The van der Waals surface area contributed by atoms with Gasteiger partial charge < -0.3 is 20.8 Å². The molecule has 5 heteroatoms. The fourth-order valence-corrected chi connectivity index (χ4v) is 1.47. The number of hydrogen-bond acceptors (Lipinski definition) is 3. The number of rotatable bonds is 1. The summed E-state index contributed by atoms with van der Waals surface area (Å²) in [6.07, 6.45) is 0. The fourth-order valence-electron chi connectivity index (χ4n) is 1.47. The van der Waals surface area contributed by atoms with Gasteiger partial charge in [0.05, 0.1) is 6.04 Å². The minimum absolute atomic E-state index is 0.00327. The number of aromatic hydroxyl groups is 2. The predicted octanol–water partition coefficient (Wildman–Crippen LogP) is 0.452. The molecule has 1 aliphatic heterocycles. The van der Waals surface area contributed by atoms with Crippen LogP contribution in [0, 0.1) is 0 Å². The van der Waals surface area contributed by atoms with Crippen molar-refractivity contribution in [2.24, 2.45) is 0 Å². The van der Waals surface area contributed by atoms with Gasteiger partial charge in [-0.2, -0.15) is 0 Å². The molecule has 4 N–H and O–H groups in total. The second-order valence-electron chi connectivity index (χ2n) is 3.15. The van der Waals surface area contributed by atoms with E-state index in [0.29, 0.717) is 12.1 Å². The summed E-state index contributed by atoms with van der Waals surface area (Å²) >= 11 is 0. The van der Waals surface area contributed by atoms with Gasteiger partial charge in [-0.25, -0.2) is 4.79 Å². The molecule has 0 unspecified atom stereocenters. The molecule has 0 bridgehead atoms. The molecule has 0 aromatic heterocycles. The third-order valence-electron chi connectivity index (χ3n) is 2.16. The van der Waals surface area contributed by atoms with Crippen LogP contribution in [0.2, 0.25) is 0 Å². The lowest BCUT2D eigenvalue weighted by Crippen LogP contribution is -2.21. The Hall–Kier alpha value is -1.91. The Morgan fingerprint density at radius 1 is 1.36 bits per heavy atom. The van der Waals surface area contributed by atoms with Crippen molar-refractivity contribution in [3.8, 4) is 11.5 Å². The predicted molar refractivity (Wildman–Crippen MR) is 49.0 cm³/mol. The summed E-state index contributed by atoms with van der Waals surface area (Å²) < 4.78 is 0. The molecule has 14 heavy (non-hydrogen) atoms. The zero-order valence-electron chi connectivity index (χ0n) is 7.32. The molecule has 0 saturated carbocycles. The summed E-state index contributed by atoms with van der Waals surface area (Å²) in [4.78, 5) is 10.9. The Balaban J connectivity index is 2.28. The van der Waals surface area contributed by atoms with E-state index in [2.05, 4.69) is 10.6 Å². The van der Waals surface area contributed by atoms with Crippen LogP contribution in [0.25, 0.3) is 0 Å². The quantitative estimate of drug-likeness (QED) is 0.524. The normalized spacial score (nSPS) is 20.3. The number of amides is 2. The molecule has 2 amide bonds. The van der Waals surface area contributed by atoms with E-state index in [4.69, 9.17) is 5.11 Å². The number of benzene rings is 1. The van der Waals surface area contributed by atoms with Gasteiger partial charge in [0, 0.05) is 18.2 Å². The van der Waals surface area contributed by atoms with Crippen molar-refractivity contribution in [1.82, 2.24) is 10.6 Å². The van der Waals surface area contributed by atoms with E-state index in [1.165, 1.54) is 12.1 Å². The van der Waals surface area contributed by atoms with Crippen LogP contribution in [0.4, 0.5) is 4.79 Å². The number of carbonyl (C=O) groups excluding carboxylic acids is 1. The summed E-state index contributed by atoms with van der Waals surface area (Å²) in [5.74, 6) is -0.0115. The highest BCUT2D eigenvalue weighted by Crippen LogP contribution is 2.28. The first kappa shape index (κ1) is 8.68. The van der Waals surface area contributed by atoms with E-state index in [1.807, 2.05) is 0 Å². The van der Waals surface area contributed by atoms with Gasteiger partial charge in [0.15, 0.2) is 0 Å². The van der Waals surface area contributed by atoms with Crippen LogP contribution >= 0.6 is 0 Å². The van der Waals surface area contributed by atoms with E-state index >= 15 is 0 Å². The van der Waals surface area contributed by atoms with Gasteiger partial charge in [0.1, 0.15) is 11.5 Å². The topological polar surface area (TPSA) is 81.6 Å². The maximum Gasteiger partial charge on any atom is 0.315 e. The smallest absolute Gasteiger partial charge is 0.315 e. The molecule has 0 aliphatic carbocycles. The first-order valence-corrected chi connectivity index (χ1v) is 4.23. The summed E-state index contributed by atoms with van der Waals surface area (Å²) in [7, 11) is 0. The molecule has 0 spiro atoms. The van der Waals surface area contributed by atoms with Crippen molar-refractivity contribution in [3.63, 3.8) is 0 Å². The van der Waals surface area contributed by atoms with E-state index in [1.54, 1.807) is 6.07 Å². The van der Waals surface area contributed by atoms with Crippen LogP contribution in [0.3, 0.4) is 0 Å². The van der Waals surface area contributed by atoms with Crippen molar-refractivity contribution in [1.29, 1.82) is 0 Å². The van der Waals surface area contributed by atoms with Crippen molar-refractivity contribution in [2.75, 3.05) is 6.54 Å². The molecular weight excluding hydrogens is 184 g/mol. The number of phenolic OH excluding ortho intramolecular Hbond substituents is 2. The highest BCUT2D eigenvalue weighted by molar-refractivity contribution is 5.77. The molecule has 1 heterocycles. The average Bonchev–Trinajstić information content (AvgIpc) is 2.51. The molecule has 74 valence electrons. The van der Waals surface area contributed by atoms with Crippen molar-refractivity contribution in [3.05, 3.63) is 23.8 Å². The third kappa shape index (κ3) is 1.44. The van der Waals surface area contributed by atoms with Crippen LogP contribution in [0.5, 0.6) is 11.5 Å². The van der Waals surface area contributed by atoms with Crippen molar-refractivity contribution >= 4 is 6.03 Å². The minimum atomic E-state index is -0.248. The zero-order valence-corrected chi connectivity index (χ0v) is 7.32. The van der Waals surface area contributed by atoms with E-state index in [0.717, 1.165) is 0 Å². The number of nitrogens with one attached hydrogen (secondary N) is 2. The highest BCUT2D eigenvalue weighted by Gasteiger charge is 2.23. The Labute approximate surface area is 80.4 Å². The molecule has 2 rings (SSSR count). The van der Waals surface area contributed by atoms with Gasteiger partial charge in [0.2, 0.25) is 0 Å². The molecule has 1 atom stereocenters. The van der Waals surface area contributed by atoms with Crippen LogP contribution < -0.4 is 10.6 Å². The number of hydrogen-bond donors (Lipinski definition) is 4. The lowest BCUT2D eigenvalue weighted by atomic mass is 10.1. The van der Waals surface area contributed by atoms with Gasteiger partial charge in [-0.1, -0.05) is 0 Å². The van der Waals surface area contributed by atoms with E-state index in [-0.39, 0.29) is 23.6 Å². The summed E-state index contributed by atoms with van der Waals surface area (Å²) in [5, 5.41) is 23.8. The Kier molecular flexibility index (Phi) is 1.92. The van der Waals surface area contributed by atoms with Crippen molar-refractivity contribution < 1.29 is 15.0 Å². The largest absolute Gasteiger partial charge is 0.508 e. The average molecular weight is 194 g/mol. The molecule has 1 saturated heterocycles. The Bertz CT molecular complexity index is 378. The first-order chi connectivity index (χ1) is 6.66. The molecular formula is C9H10N2O3. The minimum Gasteiger partial charge on any atom is -0.508 e. The number of carbonyl (C=O) groups is 1. The molecule has 0 radical (unpaired) electrons.